The molecule has 0 aromatic carbocycles. The van der Waals surface area contributed by atoms with Gasteiger partial charge in [-0.05, 0) is 13.8 Å². The summed E-state index contributed by atoms with van der Waals surface area (Å²) in [6.07, 6.45) is 1.35. The van der Waals surface area contributed by atoms with Crippen LogP contribution in [-0.2, 0) is 17.1 Å². The Balaban J connectivity index is 2.46. The average molecular weight is 270 g/mol. The summed E-state index contributed by atoms with van der Waals surface area (Å²) in [5.41, 5.74) is 7.19. The van der Waals surface area contributed by atoms with Gasteiger partial charge in [0.2, 0.25) is 0 Å². The van der Waals surface area contributed by atoms with Crippen molar-refractivity contribution in [1.82, 2.24) is 19.7 Å². The SMILES string of the molecule is Cc1n[nH]c(C)c1NS(=O)(=O)c1c(N)ncn1C. The van der Waals surface area contributed by atoms with Crippen molar-refractivity contribution >= 4 is 21.5 Å². The van der Waals surface area contributed by atoms with E-state index in [-0.39, 0.29) is 10.8 Å². The van der Waals surface area contributed by atoms with Crippen LogP contribution in [0.4, 0.5) is 11.5 Å². The molecule has 4 N–H and O–H groups in total. The van der Waals surface area contributed by atoms with Crippen LogP contribution >= 0.6 is 0 Å². The van der Waals surface area contributed by atoms with Crippen molar-refractivity contribution in [3.05, 3.63) is 17.7 Å². The fourth-order valence-electron chi connectivity index (χ4n) is 1.65. The van der Waals surface area contributed by atoms with Gasteiger partial charge in [-0.2, -0.15) is 13.5 Å². The van der Waals surface area contributed by atoms with Gasteiger partial charge in [0.05, 0.1) is 23.4 Å². The molecule has 2 aromatic heterocycles. The first-order valence-corrected chi connectivity index (χ1v) is 6.62. The van der Waals surface area contributed by atoms with E-state index in [0.29, 0.717) is 17.1 Å². The number of nitrogen functional groups attached to an aromatic ring is 1. The van der Waals surface area contributed by atoms with E-state index in [4.69, 9.17) is 5.73 Å². The Morgan fingerprint density at radius 3 is 2.56 bits per heavy atom. The quantitative estimate of drug-likeness (QED) is 0.733. The summed E-state index contributed by atoms with van der Waals surface area (Å²) < 4.78 is 28.2. The molecule has 0 saturated carbocycles. The molecular weight excluding hydrogens is 256 g/mol. The Kier molecular flexibility index (Phi) is 2.77. The Bertz CT molecular complexity index is 645. The van der Waals surface area contributed by atoms with E-state index in [9.17, 15) is 8.42 Å². The van der Waals surface area contributed by atoms with Gasteiger partial charge >= 0.3 is 0 Å². The smallest absolute Gasteiger partial charge is 0.281 e. The van der Waals surface area contributed by atoms with Gasteiger partial charge in [0.25, 0.3) is 10.0 Å². The summed E-state index contributed by atoms with van der Waals surface area (Å²) in [6.45, 7) is 3.43. The number of hydrogen-bond donors (Lipinski definition) is 3. The summed E-state index contributed by atoms with van der Waals surface area (Å²) in [6, 6.07) is 0. The van der Waals surface area contributed by atoms with Crippen molar-refractivity contribution in [2.75, 3.05) is 10.5 Å². The fraction of sp³-hybridized carbons (Fsp3) is 0.333. The first-order chi connectivity index (χ1) is 8.33. The zero-order valence-corrected chi connectivity index (χ0v) is 11.0. The van der Waals surface area contributed by atoms with Crippen LogP contribution < -0.4 is 10.5 Å². The van der Waals surface area contributed by atoms with Gasteiger partial charge in [-0.15, -0.1) is 0 Å². The van der Waals surface area contributed by atoms with Crippen molar-refractivity contribution in [2.45, 2.75) is 18.9 Å². The fourth-order valence-corrected chi connectivity index (χ4v) is 3.07. The van der Waals surface area contributed by atoms with Crippen molar-refractivity contribution in [2.24, 2.45) is 7.05 Å². The molecule has 0 atom stereocenters. The van der Waals surface area contributed by atoms with Gasteiger partial charge < -0.3 is 10.3 Å². The molecule has 8 nitrogen and oxygen atoms in total. The maximum absolute atomic E-state index is 12.2. The van der Waals surface area contributed by atoms with Crippen LogP contribution in [0.3, 0.4) is 0 Å². The van der Waals surface area contributed by atoms with Crippen LogP contribution in [0.5, 0.6) is 0 Å². The number of imidazole rings is 1. The van der Waals surface area contributed by atoms with E-state index in [1.54, 1.807) is 20.9 Å². The third-order valence-corrected chi connectivity index (χ3v) is 4.01. The van der Waals surface area contributed by atoms with Crippen LogP contribution in [0.2, 0.25) is 0 Å². The maximum Gasteiger partial charge on any atom is 0.281 e. The lowest BCUT2D eigenvalue weighted by atomic mass is 10.3. The Morgan fingerprint density at radius 1 is 1.44 bits per heavy atom. The predicted molar refractivity (Wildman–Crippen MR) is 66.5 cm³/mol. The number of hydrogen-bond acceptors (Lipinski definition) is 5. The number of sulfonamides is 1. The number of nitrogens with two attached hydrogens (primary N) is 1. The third kappa shape index (κ3) is 1.92. The van der Waals surface area contributed by atoms with E-state index < -0.39 is 10.0 Å². The van der Waals surface area contributed by atoms with Crippen molar-refractivity contribution in [1.29, 1.82) is 0 Å². The topological polar surface area (TPSA) is 119 Å². The van der Waals surface area contributed by atoms with Crippen LogP contribution in [0.15, 0.2) is 11.4 Å². The molecule has 0 saturated heterocycles. The van der Waals surface area contributed by atoms with Crippen LogP contribution in [-0.4, -0.2) is 28.2 Å². The minimum atomic E-state index is -3.78. The summed E-state index contributed by atoms with van der Waals surface area (Å²) in [5, 5.41) is 6.56. The summed E-state index contributed by atoms with van der Waals surface area (Å²) in [5.74, 6) is -0.0381. The highest BCUT2D eigenvalue weighted by atomic mass is 32.2. The lowest BCUT2D eigenvalue weighted by molar-refractivity contribution is 0.592. The lowest BCUT2D eigenvalue weighted by Crippen LogP contribution is -2.18. The zero-order chi connectivity index (χ0) is 13.5. The number of nitrogens with zero attached hydrogens (tertiary/aromatic N) is 3. The monoisotopic (exact) mass is 270 g/mol. The minimum absolute atomic E-state index is 0.0381. The molecule has 0 fully saturated rings. The second kappa shape index (κ2) is 4.02. The summed E-state index contributed by atoms with van der Waals surface area (Å²) in [4.78, 5) is 3.75. The largest absolute Gasteiger partial charge is 0.381 e. The molecule has 2 rings (SSSR count). The number of aryl methyl sites for hydroxylation is 3. The van der Waals surface area contributed by atoms with Crippen LogP contribution in [0.1, 0.15) is 11.4 Å². The van der Waals surface area contributed by atoms with Gasteiger partial charge in [0, 0.05) is 7.05 Å². The maximum atomic E-state index is 12.2. The van der Waals surface area contributed by atoms with Crippen molar-refractivity contribution in [3.8, 4) is 0 Å². The second-order valence-electron chi connectivity index (χ2n) is 3.96. The van der Waals surface area contributed by atoms with Crippen LogP contribution in [0, 0.1) is 13.8 Å². The van der Waals surface area contributed by atoms with Crippen molar-refractivity contribution < 1.29 is 8.42 Å². The zero-order valence-electron chi connectivity index (χ0n) is 10.2. The average Bonchev–Trinajstić information content (AvgIpc) is 2.76. The van der Waals surface area contributed by atoms with Gasteiger partial charge in [-0.25, -0.2) is 4.98 Å². The molecule has 0 spiro atoms. The van der Waals surface area contributed by atoms with E-state index in [1.165, 1.54) is 10.9 Å². The third-order valence-electron chi connectivity index (χ3n) is 2.53. The molecule has 0 aliphatic rings. The number of aromatic amines is 1. The number of H-pyrrole nitrogens is 1. The highest BCUT2D eigenvalue weighted by Crippen LogP contribution is 2.23. The van der Waals surface area contributed by atoms with Gasteiger partial charge in [-0.3, -0.25) is 9.82 Å². The molecule has 0 unspecified atom stereocenters. The Hall–Kier alpha value is -2.03. The predicted octanol–water partition coefficient (Wildman–Crippen LogP) is 0.143. The Morgan fingerprint density at radius 2 is 2.11 bits per heavy atom. The molecular formula is C9H14N6O2S. The van der Waals surface area contributed by atoms with E-state index >= 15 is 0 Å². The number of nitrogens with one attached hydrogen (secondary N) is 2. The minimum Gasteiger partial charge on any atom is -0.381 e. The highest BCUT2D eigenvalue weighted by Gasteiger charge is 2.24. The summed E-state index contributed by atoms with van der Waals surface area (Å²) in [7, 11) is -2.22. The number of aromatic nitrogens is 4. The lowest BCUT2D eigenvalue weighted by Gasteiger charge is -2.08. The number of anilines is 2. The molecule has 18 heavy (non-hydrogen) atoms. The first-order valence-electron chi connectivity index (χ1n) is 5.14. The molecule has 0 aliphatic heterocycles. The standard InChI is InChI=1S/C9H14N6O2S/c1-5-7(6(2)13-12-5)14-18(16,17)9-8(10)11-4-15(9)3/h4,14H,10H2,1-3H3,(H,12,13). The summed E-state index contributed by atoms with van der Waals surface area (Å²) >= 11 is 0. The molecule has 98 valence electrons. The molecule has 0 amide bonds. The molecule has 0 bridgehead atoms. The van der Waals surface area contributed by atoms with Gasteiger partial charge in [-0.1, -0.05) is 0 Å². The first kappa shape index (κ1) is 12.4. The van der Waals surface area contributed by atoms with E-state index in [2.05, 4.69) is 19.9 Å². The molecule has 9 heteroatoms. The van der Waals surface area contributed by atoms with E-state index in [0.717, 1.165) is 0 Å². The second-order valence-corrected chi connectivity index (χ2v) is 5.56. The molecule has 2 aromatic rings. The van der Waals surface area contributed by atoms with E-state index in [1.807, 2.05) is 0 Å². The molecule has 0 aliphatic carbocycles. The van der Waals surface area contributed by atoms with Gasteiger partial charge in [0.15, 0.2) is 10.8 Å². The number of rotatable bonds is 3. The Labute approximate surface area is 104 Å². The van der Waals surface area contributed by atoms with Crippen LogP contribution in [0.25, 0.3) is 0 Å². The molecule has 0 radical (unpaired) electrons. The highest BCUT2D eigenvalue weighted by molar-refractivity contribution is 7.92. The van der Waals surface area contributed by atoms with Gasteiger partial charge in [0.1, 0.15) is 0 Å². The normalized spacial score (nSPS) is 11.7. The van der Waals surface area contributed by atoms with Crippen molar-refractivity contribution in [3.63, 3.8) is 0 Å². The molecule has 2 heterocycles.